The lowest BCUT2D eigenvalue weighted by atomic mass is 9.99. The van der Waals surface area contributed by atoms with E-state index < -0.39 is 29.1 Å². The maximum atomic E-state index is 12.8. The summed E-state index contributed by atoms with van der Waals surface area (Å²) in [4.78, 5) is 32.5. The first-order valence-electron chi connectivity index (χ1n) is 11.9. The molecule has 2 aliphatic carbocycles. The van der Waals surface area contributed by atoms with Crippen molar-refractivity contribution in [1.82, 2.24) is 14.5 Å². The number of nitrogens with zero attached hydrogens (tertiary/aromatic N) is 3. The van der Waals surface area contributed by atoms with Gasteiger partial charge in [0.1, 0.15) is 5.60 Å². The van der Waals surface area contributed by atoms with Crippen molar-refractivity contribution in [3.05, 3.63) is 28.3 Å². The number of rotatable bonds is 3. The van der Waals surface area contributed by atoms with Crippen molar-refractivity contribution in [2.45, 2.75) is 70.1 Å². The molecule has 0 spiro atoms. The molecule has 1 fully saturated rings. The standard InChI is InChI=1S/C24H35N5O4S/c1-24(2,3)33-23(31)26-22(28(4)5)29-13-17(14-29)34(32)27-21(30)25-20-18-10-6-8-15(18)12-16-9-7-11-19(16)20/h12,17H,6-11,13-14H2,1-5H3,(H2,25,27,30). The molecule has 3 amide bonds. The molecule has 10 heteroatoms. The molecule has 1 aromatic rings. The third kappa shape index (κ3) is 5.43. The number of fused-ring (bicyclic) bond motifs is 2. The Bertz CT molecular complexity index is 966. The van der Waals surface area contributed by atoms with Gasteiger partial charge in [0.05, 0.1) is 24.5 Å². The molecule has 1 saturated heterocycles. The zero-order valence-corrected chi connectivity index (χ0v) is 21.5. The fourth-order valence-electron chi connectivity index (χ4n) is 4.84. The summed E-state index contributed by atoms with van der Waals surface area (Å²) < 4.78 is 20.7. The summed E-state index contributed by atoms with van der Waals surface area (Å²) in [6.07, 6.45) is 5.62. The van der Waals surface area contributed by atoms with Crippen LogP contribution >= 0.6 is 0 Å². The molecule has 186 valence electrons. The van der Waals surface area contributed by atoms with Crippen LogP contribution in [0.3, 0.4) is 0 Å². The number of nitrogens with one attached hydrogen (secondary N) is 2. The number of amides is 3. The summed E-state index contributed by atoms with van der Waals surface area (Å²) in [6.45, 7) is 6.19. The Labute approximate surface area is 204 Å². The van der Waals surface area contributed by atoms with Gasteiger partial charge in [-0.05, 0) is 81.5 Å². The number of ether oxygens (including phenoxy) is 1. The van der Waals surface area contributed by atoms with Crippen molar-refractivity contribution < 1.29 is 18.9 Å². The Balaban J connectivity index is 1.34. The van der Waals surface area contributed by atoms with Crippen molar-refractivity contribution in [2.75, 3.05) is 32.5 Å². The molecule has 34 heavy (non-hydrogen) atoms. The number of anilines is 1. The highest BCUT2D eigenvalue weighted by atomic mass is 32.2. The lowest BCUT2D eigenvalue weighted by Gasteiger charge is -2.41. The predicted octanol–water partition coefficient (Wildman–Crippen LogP) is 2.99. The van der Waals surface area contributed by atoms with E-state index in [9.17, 15) is 14.1 Å². The van der Waals surface area contributed by atoms with E-state index in [0.717, 1.165) is 44.2 Å². The molecule has 1 aliphatic heterocycles. The third-order valence-corrected chi connectivity index (χ3v) is 7.61. The maximum Gasteiger partial charge on any atom is 0.437 e. The van der Waals surface area contributed by atoms with Crippen LogP contribution in [0.15, 0.2) is 11.1 Å². The van der Waals surface area contributed by atoms with Gasteiger partial charge in [0.2, 0.25) is 5.96 Å². The number of urea groups is 1. The van der Waals surface area contributed by atoms with Gasteiger partial charge in [-0.3, -0.25) is 0 Å². The van der Waals surface area contributed by atoms with E-state index in [1.165, 1.54) is 22.3 Å². The predicted molar refractivity (Wildman–Crippen MR) is 134 cm³/mol. The highest BCUT2D eigenvalue weighted by Gasteiger charge is 2.41. The Hall–Kier alpha value is -2.46. The van der Waals surface area contributed by atoms with E-state index in [1.807, 2.05) is 4.90 Å². The lowest BCUT2D eigenvalue weighted by Crippen LogP contribution is -2.62. The fourth-order valence-corrected chi connectivity index (χ4v) is 5.87. The van der Waals surface area contributed by atoms with Crippen molar-refractivity contribution >= 4 is 35.1 Å². The highest BCUT2D eigenvalue weighted by Crippen LogP contribution is 2.38. The van der Waals surface area contributed by atoms with Crippen molar-refractivity contribution in [3.63, 3.8) is 0 Å². The van der Waals surface area contributed by atoms with Gasteiger partial charge in [-0.25, -0.2) is 9.59 Å². The van der Waals surface area contributed by atoms with Crippen LogP contribution in [0.1, 0.15) is 55.9 Å². The number of aryl methyl sites for hydroxylation is 2. The van der Waals surface area contributed by atoms with Gasteiger partial charge >= 0.3 is 12.1 Å². The van der Waals surface area contributed by atoms with Crippen LogP contribution in [-0.2, 0) is 41.8 Å². The largest absolute Gasteiger partial charge is 0.593 e. The molecule has 0 aromatic heterocycles. The van der Waals surface area contributed by atoms with Gasteiger partial charge in [0, 0.05) is 19.8 Å². The van der Waals surface area contributed by atoms with Gasteiger partial charge in [-0.2, -0.15) is 4.72 Å². The minimum atomic E-state index is -1.55. The van der Waals surface area contributed by atoms with Crippen LogP contribution in [0.2, 0.25) is 0 Å². The van der Waals surface area contributed by atoms with E-state index in [2.05, 4.69) is 21.1 Å². The first-order chi connectivity index (χ1) is 16.0. The molecular weight excluding hydrogens is 454 g/mol. The lowest BCUT2D eigenvalue weighted by molar-refractivity contribution is 0.0597. The number of carbonyl (C=O) groups is 2. The minimum Gasteiger partial charge on any atom is -0.593 e. The Kier molecular flexibility index (Phi) is 7.00. The molecule has 1 unspecified atom stereocenters. The van der Waals surface area contributed by atoms with Crippen LogP contribution in [0.4, 0.5) is 15.3 Å². The van der Waals surface area contributed by atoms with Crippen molar-refractivity contribution in [2.24, 2.45) is 4.99 Å². The molecule has 1 atom stereocenters. The number of hydrogen-bond donors (Lipinski definition) is 2. The fraction of sp³-hybridized carbons (Fsp3) is 0.625. The van der Waals surface area contributed by atoms with Gasteiger partial charge in [0.15, 0.2) is 5.25 Å². The second-order valence-electron chi connectivity index (χ2n) is 10.4. The first kappa shape index (κ1) is 24.7. The Morgan fingerprint density at radius 1 is 1.12 bits per heavy atom. The number of hydrogen-bond acceptors (Lipinski definition) is 4. The first-order valence-corrected chi connectivity index (χ1v) is 13.1. The summed E-state index contributed by atoms with van der Waals surface area (Å²) >= 11 is -1.55. The molecule has 3 aliphatic rings. The molecule has 0 radical (unpaired) electrons. The summed E-state index contributed by atoms with van der Waals surface area (Å²) in [6, 6.07) is 1.89. The second kappa shape index (κ2) is 9.65. The number of aliphatic imine (C=N–C) groups is 1. The maximum absolute atomic E-state index is 12.8. The third-order valence-electron chi connectivity index (χ3n) is 6.32. The topological polar surface area (TPSA) is 109 Å². The summed E-state index contributed by atoms with van der Waals surface area (Å²) in [5.41, 5.74) is 5.47. The van der Waals surface area contributed by atoms with E-state index in [-0.39, 0.29) is 5.25 Å². The number of benzene rings is 1. The number of likely N-dealkylation sites (tertiary alicyclic amines) is 1. The average molecular weight is 490 g/mol. The van der Waals surface area contributed by atoms with Gasteiger partial charge in [-0.15, -0.1) is 4.99 Å². The van der Waals surface area contributed by atoms with E-state index >= 15 is 0 Å². The normalized spacial score (nSPS) is 18.6. The summed E-state index contributed by atoms with van der Waals surface area (Å²) in [5.74, 6) is 0.447. The highest BCUT2D eigenvalue weighted by molar-refractivity contribution is 7.90. The molecular formula is C24H35N5O4S. The average Bonchev–Trinajstić information content (AvgIpc) is 3.33. The number of guanidine groups is 1. The van der Waals surface area contributed by atoms with Crippen LogP contribution < -0.4 is 10.0 Å². The van der Waals surface area contributed by atoms with Crippen molar-refractivity contribution in [3.8, 4) is 0 Å². The Morgan fingerprint density at radius 2 is 1.71 bits per heavy atom. The second-order valence-corrected chi connectivity index (χ2v) is 11.9. The quantitative estimate of drug-likeness (QED) is 0.384. The molecule has 0 saturated carbocycles. The van der Waals surface area contributed by atoms with E-state index in [4.69, 9.17) is 4.74 Å². The molecule has 0 bridgehead atoms. The summed E-state index contributed by atoms with van der Waals surface area (Å²) in [5, 5.41) is 2.78. The monoisotopic (exact) mass is 489 g/mol. The summed E-state index contributed by atoms with van der Waals surface area (Å²) in [7, 11) is 3.58. The zero-order valence-electron chi connectivity index (χ0n) is 20.7. The minimum absolute atomic E-state index is 0.248. The van der Waals surface area contributed by atoms with Crippen molar-refractivity contribution in [1.29, 1.82) is 0 Å². The van der Waals surface area contributed by atoms with Crippen LogP contribution in [0.25, 0.3) is 0 Å². The molecule has 9 nitrogen and oxygen atoms in total. The molecule has 1 heterocycles. The number of carbonyl (C=O) groups excluding carboxylic acids is 2. The van der Waals surface area contributed by atoms with Crippen LogP contribution in [0, 0.1) is 0 Å². The Morgan fingerprint density at radius 3 is 2.24 bits per heavy atom. The van der Waals surface area contributed by atoms with E-state index in [0.29, 0.717) is 19.0 Å². The van der Waals surface area contributed by atoms with Gasteiger partial charge < -0.3 is 24.4 Å². The molecule has 1 aromatic carbocycles. The molecule has 2 N–H and O–H groups in total. The van der Waals surface area contributed by atoms with Gasteiger partial charge in [-0.1, -0.05) is 6.07 Å². The zero-order chi connectivity index (χ0) is 24.6. The smallest absolute Gasteiger partial charge is 0.437 e. The van der Waals surface area contributed by atoms with Gasteiger partial charge in [0.25, 0.3) is 0 Å². The van der Waals surface area contributed by atoms with E-state index in [1.54, 1.807) is 39.8 Å². The van der Waals surface area contributed by atoms with Crippen LogP contribution in [0.5, 0.6) is 0 Å². The SMILES string of the molecule is CN(C)C(=NC(=O)OC(C)(C)C)N1CC([S+]([O-])NC(=O)Nc2c3c(cc4c2CCC4)CCC3)C1. The molecule has 4 rings (SSSR count). The van der Waals surface area contributed by atoms with Crippen LogP contribution in [-0.4, -0.2) is 70.5 Å².